The minimum Gasteiger partial charge on any atom is -0.391 e. The van der Waals surface area contributed by atoms with Crippen LogP contribution in [-0.4, -0.2) is 35.7 Å². The molecule has 4 heteroatoms. The summed E-state index contributed by atoms with van der Waals surface area (Å²) in [5, 5.41) is 15.7. The number of nitrogens with one attached hydrogen (secondary N) is 2. The van der Waals surface area contributed by atoms with Crippen molar-refractivity contribution < 1.29 is 9.90 Å². The first-order valence-corrected chi connectivity index (χ1v) is 6.92. The number of hydrogen-bond donors (Lipinski definition) is 3. The van der Waals surface area contributed by atoms with Crippen LogP contribution < -0.4 is 10.6 Å². The molecule has 0 aromatic carbocycles. The van der Waals surface area contributed by atoms with E-state index in [1.165, 1.54) is 25.7 Å². The van der Waals surface area contributed by atoms with Crippen LogP contribution in [-0.2, 0) is 4.79 Å². The van der Waals surface area contributed by atoms with Gasteiger partial charge in [-0.3, -0.25) is 4.79 Å². The van der Waals surface area contributed by atoms with Crippen molar-refractivity contribution in [1.82, 2.24) is 10.6 Å². The van der Waals surface area contributed by atoms with E-state index in [-0.39, 0.29) is 11.9 Å². The number of fused-ring (bicyclic) bond motifs is 1. The average molecular weight is 240 g/mol. The lowest BCUT2D eigenvalue weighted by Crippen LogP contribution is -2.45. The topological polar surface area (TPSA) is 61.4 Å². The Bertz CT molecular complexity index is 256. The molecule has 1 saturated carbocycles. The van der Waals surface area contributed by atoms with Gasteiger partial charge >= 0.3 is 0 Å². The van der Waals surface area contributed by atoms with Crippen LogP contribution in [0.4, 0.5) is 0 Å². The lowest BCUT2D eigenvalue weighted by molar-refractivity contribution is -0.123. The molecule has 0 spiro atoms. The number of aliphatic hydroxyl groups is 1. The molecule has 0 aromatic rings. The minimum atomic E-state index is -0.414. The van der Waals surface area contributed by atoms with Crippen LogP contribution in [0, 0.1) is 5.92 Å². The molecule has 2 fully saturated rings. The normalized spacial score (nSPS) is 34.1. The predicted octanol–water partition coefficient (Wildman–Crippen LogP) is 0.794. The zero-order valence-electron chi connectivity index (χ0n) is 10.6. The molecule has 0 aromatic heterocycles. The maximum Gasteiger partial charge on any atom is 0.237 e. The molecule has 2 aliphatic rings. The highest BCUT2D eigenvalue weighted by atomic mass is 16.3. The van der Waals surface area contributed by atoms with Crippen LogP contribution in [0.5, 0.6) is 0 Å². The fourth-order valence-electron chi connectivity index (χ4n) is 3.01. The van der Waals surface area contributed by atoms with E-state index in [2.05, 4.69) is 10.6 Å². The fraction of sp³-hybridized carbons (Fsp3) is 0.923. The van der Waals surface area contributed by atoms with Gasteiger partial charge in [-0.2, -0.15) is 0 Å². The summed E-state index contributed by atoms with van der Waals surface area (Å²) < 4.78 is 0. The van der Waals surface area contributed by atoms with Crippen LogP contribution in [0.1, 0.15) is 45.4 Å². The van der Waals surface area contributed by atoms with E-state index >= 15 is 0 Å². The van der Waals surface area contributed by atoms with E-state index in [0.29, 0.717) is 24.9 Å². The van der Waals surface area contributed by atoms with Crippen LogP contribution in [0.2, 0.25) is 0 Å². The first-order valence-electron chi connectivity index (χ1n) is 6.92. The maximum absolute atomic E-state index is 11.9. The Hall–Kier alpha value is -0.610. The molecule has 4 nitrogen and oxygen atoms in total. The monoisotopic (exact) mass is 240 g/mol. The molecule has 1 aliphatic carbocycles. The molecule has 4 atom stereocenters. The highest BCUT2D eigenvalue weighted by Crippen LogP contribution is 2.33. The Morgan fingerprint density at radius 3 is 2.94 bits per heavy atom. The standard InChI is InChI=1S/C13H24N2O2/c1-2-10(16)8-14-13(17)12-7-9-5-3-4-6-11(9)15-12/h9-12,15-16H,2-8H2,1H3,(H,14,17). The second-order valence-electron chi connectivity index (χ2n) is 5.41. The van der Waals surface area contributed by atoms with Crippen LogP contribution in [0.3, 0.4) is 0 Å². The van der Waals surface area contributed by atoms with E-state index < -0.39 is 6.10 Å². The second-order valence-corrected chi connectivity index (χ2v) is 5.41. The third-order valence-electron chi connectivity index (χ3n) is 4.16. The van der Waals surface area contributed by atoms with Crippen molar-refractivity contribution >= 4 is 5.91 Å². The first-order chi connectivity index (χ1) is 8.20. The molecule has 2 rings (SSSR count). The van der Waals surface area contributed by atoms with Gasteiger partial charge in [-0.1, -0.05) is 19.8 Å². The highest BCUT2D eigenvalue weighted by molar-refractivity contribution is 5.82. The summed E-state index contributed by atoms with van der Waals surface area (Å²) in [6.45, 7) is 2.29. The van der Waals surface area contributed by atoms with Crippen molar-refractivity contribution in [2.45, 2.75) is 63.6 Å². The van der Waals surface area contributed by atoms with Gasteiger partial charge in [0, 0.05) is 12.6 Å². The number of carbonyl (C=O) groups excluding carboxylic acids is 1. The molecule has 1 saturated heterocycles. The summed E-state index contributed by atoms with van der Waals surface area (Å²) >= 11 is 0. The van der Waals surface area contributed by atoms with Gasteiger partial charge in [-0.25, -0.2) is 0 Å². The third-order valence-corrected chi connectivity index (χ3v) is 4.16. The smallest absolute Gasteiger partial charge is 0.237 e. The summed E-state index contributed by atoms with van der Waals surface area (Å²) in [7, 11) is 0. The zero-order chi connectivity index (χ0) is 12.3. The predicted molar refractivity (Wildman–Crippen MR) is 66.6 cm³/mol. The summed E-state index contributed by atoms with van der Waals surface area (Å²) in [5.41, 5.74) is 0. The van der Waals surface area contributed by atoms with Crippen molar-refractivity contribution in [2.24, 2.45) is 5.92 Å². The Morgan fingerprint density at radius 2 is 2.24 bits per heavy atom. The van der Waals surface area contributed by atoms with E-state index in [0.717, 1.165) is 6.42 Å². The van der Waals surface area contributed by atoms with Crippen molar-refractivity contribution in [2.75, 3.05) is 6.54 Å². The van der Waals surface area contributed by atoms with Gasteiger partial charge in [-0.15, -0.1) is 0 Å². The van der Waals surface area contributed by atoms with Gasteiger partial charge in [0.05, 0.1) is 12.1 Å². The van der Waals surface area contributed by atoms with Gasteiger partial charge < -0.3 is 15.7 Å². The van der Waals surface area contributed by atoms with E-state index in [1.54, 1.807) is 0 Å². The second kappa shape index (κ2) is 5.83. The summed E-state index contributed by atoms with van der Waals surface area (Å²) in [6.07, 6.45) is 6.32. The number of hydrogen-bond acceptors (Lipinski definition) is 3. The molecule has 17 heavy (non-hydrogen) atoms. The van der Waals surface area contributed by atoms with Gasteiger partial charge in [0.1, 0.15) is 0 Å². The number of aliphatic hydroxyl groups excluding tert-OH is 1. The number of amides is 1. The van der Waals surface area contributed by atoms with E-state index in [1.807, 2.05) is 6.92 Å². The largest absolute Gasteiger partial charge is 0.391 e. The molecule has 3 N–H and O–H groups in total. The average Bonchev–Trinajstić information content (AvgIpc) is 2.79. The van der Waals surface area contributed by atoms with E-state index in [9.17, 15) is 9.90 Å². The number of carbonyl (C=O) groups is 1. The van der Waals surface area contributed by atoms with Gasteiger partial charge in [0.25, 0.3) is 0 Å². The Kier molecular flexibility index (Phi) is 4.40. The third kappa shape index (κ3) is 3.19. The molecular formula is C13H24N2O2. The summed E-state index contributed by atoms with van der Waals surface area (Å²) in [5.74, 6) is 0.752. The SMILES string of the molecule is CCC(O)CNC(=O)C1CC2CCCCC2N1. The van der Waals surface area contributed by atoms with Crippen molar-refractivity contribution in [3.05, 3.63) is 0 Å². The van der Waals surface area contributed by atoms with Gasteiger partial charge in [0.2, 0.25) is 5.91 Å². The molecule has 1 heterocycles. The summed E-state index contributed by atoms with van der Waals surface area (Å²) in [4.78, 5) is 11.9. The highest BCUT2D eigenvalue weighted by Gasteiger charge is 2.38. The lowest BCUT2D eigenvalue weighted by atomic mass is 9.85. The molecule has 4 unspecified atom stereocenters. The first kappa shape index (κ1) is 12.8. The quantitative estimate of drug-likeness (QED) is 0.681. The molecular weight excluding hydrogens is 216 g/mol. The summed E-state index contributed by atoms with van der Waals surface area (Å²) in [6, 6.07) is 0.516. The molecule has 1 aliphatic heterocycles. The van der Waals surface area contributed by atoms with Crippen LogP contribution in [0.25, 0.3) is 0 Å². The molecule has 98 valence electrons. The van der Waals surface area contributed by atoms with E-state index in [4.69, 9.17) is 0 Å². The fourth-order valence-corrected chi connectivity index (χ4v) is 3.01. The van der Waals surface area contributed by atoms with Crippen molar-refractivity contribution in [1.29, 1.82) is 0 Å². The Morgan fingerprint density at radius 1 is 1.47 bits per heavy atom. The number of rotatable bonds is 4. The Labute approximate surface area is 103 Å². The minimum absolute atomic E-state index is 0.0350. The zero-order valence-corrected chi connectivity index (χ0v) is 10.6. The maximum atomic E-state index is 11.9. The van der Waals surface area contributed by atoms with Crippen molar-refractivity contribution in [3.63, 3.8) is 0 Å². The molecule has 0 bridgehead atoms. The molecule has 0 radical (unpaired) electrons. The lowest BCUT2D eigenvalue weighted by Gasteiger charge is -2.24. The van der Waals surface area contributed by atoms with Crippen LogP contribution in [0.15, 0.2) is 0 Å². The van der Waals surface area contributed by atoms with Crippen LogP contribution >= 0.6 is 0 Å². The van der Waals surface area contributed by atoms with Gasteiger partial charge in [0.15, 0.2) is 0 Å². The van der Waals surface area contributed by atoms with Gasteiger partial charge in [-0.05, 0) is 31.6 Å². The van der Waals surface area contributed by atoms with Crippen molar-refractivity contribution in [3.8, 4) is 0 Å². The Balaban J connectivity index is 1.77. The molecule has 1 amide bonds.